The van der Waals surface area contributed by atoms with Crippen LogP contribution in [0.15, 0.2) is 24.3 Å². The molecule has 18 heavy (non-hydrogen) atoms. The zero-order valence-electron chi connectivity index (χ0n) is 9.94. The first-order valence-corrected chi connectivity index (χ1v) is 5.90. The van der Waals surface area contributed by atoms with E-state index in [1.807, 2.05) is 0 Å². The molecular weight excluding hydrogens is 256 g/mol. The first-order valence-electron chi connectivity index (χ1n) is 5.53. The van der Waals surface area contributed by atoms with Gasteiger partial charge >= 0.3 is 12.0 Å². The first kappa shape index (κ1) is 14.3. The largest absolute Gasteiger partial charge is 0.481 e. The number of carboxylic acid groups (broad SMARTS) is 1. The molecule has 1 aromatic rings. The summed E-state index contributed by atoms with van der Waals surface area (Å²) in [6, 6.07) is 6.47. The van der Waals surface area contributed by atoms with Crippen molar-refractivity contribution in [3.8, 4) is 0 Å². The minimum atomic E-state index is -0.872. The van der Waals surface area contributed by atoms with E-state index < -0.39 is 17.9 Å². The molecule has 1 aromatic carbocycles. The monoisotopic (exact) mass is 270 g/mol. The van der Waals surface area contributed by atoms with Gasteiger partial charge in [-0.2, -0.15) is 0 Å². The maximum absolute atomic E-state index is 11.5. The summed E-state index contributed by atoms with van der Waals surface area (Å²) in [7, 11) is 0. The van der Waals surface area contributed by atoms with Crippen LogP contribution in [0.3, 0.4) is 0 Å². The third-order valence-corrected chi connectivity index (χ3v) is 2.74. The Morgan fingerprint density at radius 2 is 2.06 bits per heavy atom. The number of carbonyl (C=O) groups is 2. The number of aliphatic carboxylic acids is 1. The van der Waals surface area contributed by atoms with Crippen LogP contribution in [-0.2, 0) is 4.79 Å². The Hall–Kier alpha value is -1.75. The molecule has 1 atom stereocenters. The summed E-state index contributed by atoms with van der Waals surface area (Å²) in [6.45, 7) is 1.89. The smallest absolute Gasteiger partial charge is 0.319 e. The second-order valence-electron chi connectivity index (χ2n) is 3.89. The summed E-state index contributed by atoms with van der Waals surface area (Å²) in [5.74, 6) is -1.35. The molecule has 0 aliphatic carbocycles. The molecule has 1 rings (SSSR count). The lowest BCUT2D eigenvalue weighted by Gasteiger charge is -2.10. The summed E-state index contributed by atoms with van der Waals surface area (Å²) in [5, 5.41) is 14.3. The molecule has 0 bridgehead atoms. The molecule has 0 radical (unpaired) electrons. The molecule has 0 spiro atoms. The first-order chi connectivity index (χ1) is 8.50. The van der Waals surface area contributed by atoms with Crippen LogP contribution in [0.25, 0.3) is 0 Å². The normalized spacial score (nSPS) is 11.7. The van der Waals surface area contributed by atoms with Gasteiger partial charge in [-0.25, -0.2) is 4.79 Å². The number of rotatable bonds is 5. The van der Waals surface area contributed by atoms with Crippen molar-refractivity contribution in [1.82, 2.24) is 5.32 Å². The Bertz CT molecular complexity index is 437. The van der Waals surface area contributed by atoms with Crippen LogP contribution >= 0.6 is 11.6 Å². The van der Waals surface area contributed by atoms with E-state index in [-0.39, 0.29) is 0 Å². The molecule has 2 amide bonds. The molecule has 0 aliphatic rings. The van der Waals surface area contributed by atoms with Gasteiger partial charge in [0.2, 0.25) is 0 Å². The fourth-order valence-electron chi connectivity index (χ4n) is 1.25. The highest BCUT2D eigenvalue weighted by Gasteiger charge is 2.11. The summed E-state index contributed by atoms with van der Waals surface area (Å²) < 4.78 is 0. The summed E-state index contributed by atoms with van der Waals surface area (Å²) in [5.41, 5.74) is 0.517. The Balaban J connectivity index is 2.35. The Kier molecular flexibility index (Phi) is 5.45. The topological polar surface area (TPSA) is 78.4 Å². The fraction of sp³-hybridized carbons (Fsp3) is 0.333. The fourth-order valence-corrected chi connectivity index (χ4v) is 1.44. The number of halogens is 1. The van der Waals surface area contributed by atoms with Gasteiger partial charge in [-0.3, -0.25) is 4.79 Å². The van der Waals surface area contributed by atoms with E-state index in [9.17, 15) is 9.59 Å². The van der Waals surface area contributed by atoms with E-state index in [0.717, 1.165) is 0 Å². The molecule has 0 saturated heterocycles. The number of para-hydroxylation sites is 1. The molecule has 0 heterocycles. The number of nitrogens with one attached hydrogen (secondary N) is 2. The van der Waals surface area contributed by atoms with Gasteiger partial charge in [0.15, 0.2) is 0 Å². The Labute approximate surface area is 110 Å². The summed E-state index contributed by atoms with van der Waals surface area (Å²) in [4.78, 5) is 22.1. The van der Waals surface area contributed by atoms with Crippen LogP contribution < -0.4 is 10.6 Å². The van der Waals surface area contributed by atoms with E-state index in [1.54, 1.807) is 31.2 Å². The SMILES string of the molecule is CC(CCNC(=O)Nc1ccccc1Cl)C(=O)O. The van der Waals surface area contributed by atoms with Crippen LogP contribution in [0.2, 0.25) is 5.02 Å². The number of hydrogen-bond acceptors (Lipinski definition) is 2. The van der Waals surface area contributed by atoms with Gasteiger partial charge in [-0.1, -0.05) is 30.7 Å². The van der Waals surface area contributed by atoms with Crippen molar-refractivity contribution in [1.29, 1.82) is 0 Å². The van der Waals surface area contributed by atoms with Crippen LogP contribution in [0, 0.1) is 5.92 Å². The van der Waals surface area contributed by atoms with Crippen LogP contribution in [-0.4, -0.2) is 23.7 Å². The number of amides is 2. The van der Waals surface area contributed by atoms with Crippen LogP contribution in [0.5, 0.6) is 0 Å². The third kappa shape index (κ3) is 4.63. The number of benzene rings is 1. The lowest BCUT2D eigenvalue weighted by Crippen LogP contribution is -2.31. The average Bonchev–Trinajstić information content (AvgIpc) is 2.32. The number of anilines is 1. The standard InChI is InChI=1S/C12H15ClN2O3/c1-8(11(16)17)6-7-14-12(18)15-10-5-3-2-4-9(10)13/h2-5,8H,6-7H2,1H3,(H,16,17)(H2,14,15,18). The van der Waals surface area contributed by atoms with E-state index in [0.29, 0.717) is 23.7 Å². The maximum atomic E-state index is 11.5. The molecule has 3 N–H and O–H groups in total. The number of carboxylic acids is 1. The van der Waals surface area contributed by atoms with Crippen molar-refractivity contribution in [2.24, 2.45) is 5.92 Å². The van der Waals surface area contributed by atoms with Gasteiger partial charge in [0.1, 0.15) is 0 Å². The molecule has 0 saturated carbocycles. The second kappa shape index (κ2) is 6.86. The van der Waals surface area contributed by atoms with Gasteiger partial charge in [0, 0.05) is 6.54 Å². The minimum Gasteiger partial charge on any atom is -0.481 e. The quantitative estimate of drug-likeness (QED) is 0.769. The van der Waals surface area contributed by atoms with Crippen molar-refractivity contribution in [3.63, 3.8) is 0 Å². The molecule has 0 aromatic heterocycles. The molecule has 0 fully saturated rings. The molecule has 1 unspecified atom stereocenters. The van der Waals surface area contributed by atoms with E-state index in [2.05, 4.69) is 10.6 Å². The van der Waals surface area contributed by atoms with Crippen LogP contribution in [0.4, 0.5) is 10.5 Å². The van der Waals surface area contributed by atoms with Crippen molar-refractivity contribution < 1.29 is 14.7 Å². The minimum absolute atomic E-state index is 0.295. The molecule has 6 heteroatoms. The van der Waals surface area contributed by atoms with Gasteiger partial charge < -0.3 is 15.7 Å². The summed E-state index contributed by atoms with van der Waals surface area (Å²) in [6.07, 6.45) is 0.380. The van der Waals surface area contributed by atoms with Crippen molar-refractivity contribution >= 4 is 29.3 Å². The predicted octanol–water partition coefficient (Wildman–Crippen LogP) is 2.57. The van der Waals surface area contributed by atoms with Gasteiger partial charge in [-0.15, -0.1) is 0 Å². The zero-order chi connectivity index (χ0) is 13.5. The van der Waals surface area contributed by atoms with Crippen molar-refractivity contribution in [2.45, 2.75) is 13.3 Å². The van der Waals surface area contributed by atoms with Crippen LogP contribution in [0.1, 0.15) is 13.3 Å². The lowest BCUT2D eigenvalue weighted by molar-refractivity contribution is -0.141. The van der Waals surface area contributed by atoms with E-state index in [4.69, 9.17) is 16.7 Å². The van der Waals surface area contributed by atoms with E-state index in [1.165, 1.54) is 0 Å². The predicted molar refractivity (Wildman–Crippen MR) is 69.9 cm³/mol. The zero-order valence-corrected chi connectivity index (χ0v) is 10.7. The average molecular weight is 271 g/mol. The van der Waals surface area contributed by atoms with E-state index >= 15 is 0 Å². The Morgan fingerprint density at radius 1 is 1.39 bits per heavy atom. The second-order valence-corrected chi connectivity index (χ2v) is 4.30. The number of urea groups is 1. The molecule has 0 aliphatic heterocycles. The molecule has 98 valence electrons. The van der Waals surface area contributed by atoms with Gasteiger partial charge in [-0.05, 0) is 18.6 Å². The summed E-state index contributed by atoms with van der Waals surface area (Å²) >= 11 is 5.87. The maximum Gasteiger partial charge on any atom is 0.319 e. The highest BCUT2D eigenvalue weighted by atomic mass is 35.5. The van der Waals surface area contributed by atoms with Gasteiger partial charge in [0.25, 0.3) is 0 Å². The highest BCUT2D eigenvalue weighted by molar-refractivity contribution is 6.33. The lowest BCUT2D eigenvalue weighted by atomic mass is 10.1. The van der Waals surface area contributed by atoms with Gasteiger partial charge in [0.05, 0.1) is 16.6 Å². The Morgan fingerprint density at radius 3 is 2.67 bits per heavy atom. The number of hydrogen-bond donors (Lipinski definition) is 3. The third-order valence-electron chi connectivity index (χ3n) is 2.41. The van der Waals surface area contributed by atoms with Crippen molar-refractivity contribution in [3.05, 3.63) is 29.3 Å². The highest BCUT2D eigenvalue weighted by Crippen LogP contribution is 2.19. The molecular formula is C12H15ClN2O3. The van der Waals surface area contributed by atoms with Crippen molar-refractivity contribution in [2.75, 3.05) is 11.9 Å². The molecule has 5 nitrogen and oxygen atoms in total. The number of carbonyl (C=O) groups excluding carboxylic acids is 1.